The van der Waals surface area contributed by atoms with Crippen molar-refractivity contribution < 1.29 is 14.5 Å². The summed E-state index contributed by atoms with van der Waals surface area (Å²) in [7, 11) is 3.35. The van der Waals surface area contributed by atoms with Crippen LogP contribution in [0, 0.1) is 17.0 Å². The highest BCUT2D eigenvalue weighted by Gasteiger charge is 2.28. The molecular formula is C14H19N3O4. The fourth-order valence-electron chi connectivity index (χ4n) is 2.44. The quantitative estimate of drug-likeness (QED) is 0.620. The number of benzene rings is 1. The zero-order valence-electron chi connectivity index (χ0n) is 12.5. The van der Waals surface area contributed by atoms with Crippen LogP contribution in [0.4, 0.5) is 5.69 Å². The van der Waals surface area contributed by atoms with Gasteiger partial charge in [0.15, 0.2) is 0 Å². The lowest BCUT2D eigenvalue weighted by Crippen LogP contribution is -2.47. The normalized spacial score (nSPS) is 15.9. The van der Waals surface area contributed by atoms with Gasteiger partial charge >= 0.3 is 5.69 Å². The number of carbonyl (C=O) groups is 1. The molecule has 1 saturated heterocycles. The molecule has 2 rings (SSSR count). The molecule has 0 bridgehead atoms. The average molecular weight is 293 g/mol. The zero-order valence-corrected chi connectivity index (χ0v) is 12.5. The van der Waals surface area contributed by atoms with E-state index in [1.165, 1.54) is 13.2 Å². The number of ether oxygens (including phenoxy) is 1. The van der Waals surface area contributed by atoms with Crippen LogP contribution in [0.2, 0.25) is 0 Å². The Bertz CT molecular complexity index is 566. The number of hydrogen-bond donors (Lipinski definition) is 0. The number of piperazine rings is 1. The van der Waals surface area contributed by atoms with Crippen LogP contribution in [0.1, 0.15) is 15.9 Å². The van der Waals surface area contributed by atoms with Crippen molar-refractivity contribution in [1.82, 2.24) is 9.80 Å². The van der Waals surface area contributed by atoms with Crippen LogP contribution < -0.4 is 4.74 Å². The van der Waals surface area contributed by atoms with E-state index in [0.29, 0.717) is 18.7 Å². The number of nitro benzene ring substituents is 1. The molecule has 0 saturated carbocycles. The van der Waals surface area contributed by atoms with E-state index in [-0.39, 0.29) is 22.9 Å². The topological polar surface area (TPSA) is 75.9 Å². The van der Waals surface area contributed by atoms with Crippen LogP contribution in [0.3, 0.4) is 0 Å². The summed E-state index contributed by atoms with van der Waals surface area (Å²) < 4.78 is 5.13. The van der Waals surface area contributed by atoms with Gasteiger partial charge in [0.05, 0.1) is 17.6 Å². The second-order valence-electron chi connectivity index (χ2n) is 5.22. The summed E-state index contributed by atoms with van der Waals surface area (Å²) in [6.45, 7) is 4.54. The third-order valence-electron chi connectivity index (χ3n) is 3.64. The Labute approximate surface area is 123 Å². The molecule has 1 aromatic rings. The van der Waals surface area contributed by atoms with Gasteiger partial charge in [0.25, 0.3) is 5.91 Å². The average Bonchev–Trinajstić information content (AvgIpc) is 2.46. The first kappa shape index (κ1) is 15.2. The molecule has 7 heteroatoms. The lowest BCUT2D eigenvalue weighted by molar-refractivity contribution is -0.385. The van der Waals surface area contributed by atoms with Crippen LogP contribution in [0.25, 0.3) is 0 Å². The number of nitrogens with zero attached hydrogens (tertiary/aromatic N) is 3. The summed E-state index contributed by atoms with van der Waals surface area (Å²) in [5.74, 6) is -0.179. The summed E-state index contributed by atoms with van der Waals surface area (Å²) in [5, 5.41) is 11.1. The molecule has 0 unspecified atom stereocenters. The minimum Gasteiger partial charge on any atom is -0.490 e. The van der Waals surface area contributed by atoms with E-state index in [1.54, 1.807) is 17.9 Å². The van der Waals surface area contributed by atoms with E-state index in [9.17, 15) is 14.9 Å². The van der Waals surface area contributed by atoms with Crippen molar-refractivity contribution in [3.63, 3.8) is 0 Å². The number of likely N-dealkylation sites (N-methyl/N-ethyl adjacent to an activating group) is 1. The minimum atomic E-state index is -0.521. The van der Waals surface area contributed by atoms with Crippen LogP contribution >= 0.6 is 0 Å². The van der Waals surface area contributed by atoms with Gasteiger partial charge in [-0.2, -0.15) is 0 Å². The van der Waals surface area contributed by atoms with Crippen molar-refractivity contribution in [3.8, 4) is 5.75 Å². The van der Waals surface area contributed by atoms with Gasteiger partial charge in [0.2, 0.25) is 5.75 Å². The number of hydrogen-bond acceptors (Lipinski definition) is 5. The van der Waals surface area contributed by atoms with Gasteiger partial charge in [-0.25, -0.2) is 0 Å². The highest BCUT2D eigenvalue weighted by atomic mass is 16.6. The molecule has 1 aromatic carbocycles. The molecule has 0 N–H and O–H groups in total. The Morgan fingerprint density at radius 1 is 1.29 bits per heavy atom. The molecule has 0 radical (unpaired) electrons. The van der Waals surface area contributed by atoms with Gasteiger partial charge in [-0.15, -0.1) is 0 Å². The first-order valence-electron chi connectivity index (χ1n) is 6.75. The monoisotopic (exact) mass is 293 g/mol. The fourth-order valence-corrected chi connectivity index (χ4v) is 2.44. The molecule has 0 atom stereocenters. The van der Waals surface area contributed by atoms with Gasteiger partial charge in [0.1, 0.15) is 0 Å². The summed E-state index contributed by atoms with van der Waals surface area (Å²) in [6.07, 6.45) is 0. The van der Waals surface area contributed by atoms with Crippen LogP contribution in [-0.2, 0) is 0 Å². The number of amides is 1. The minimum absolute atomic E-state index is 0.0366. The molecule has 1 amide bonds. The lowest BCUT2D eigenvalue weighted by atomic mass is 10.1. The maximum atomic E-state index is 12.6. The lowest BCUT2D eigenvalue weighted by Gasteiger charge is -2.32. The predicted octanol–water partition coefficient (Wildman–Crippen LogP) is 1.30. The van der Waals surface area contributed by atoms with Crippen molar-refractivity contribution in [2.75, 3.05) is 40.3 Å². The standard InChI is InChI=1S/C14H19N3O4/c1-10-8-11(13(21-3)12(9-10)17(19)20)14(18)16-6-4-15(2)5-7-16/h8-9H,4-7H2,1-3H3. The van der Waals surface area contributed by atoms with Crippen LogP contribution in [0.15, 0.2) is 12.1 Å². The van der Waals surface area contributed by atoms with Crippen molar-refractivity contribution in [2.24, 2.45) is 0 Å². The SMILES string of the molecule is COc1c(C(=O)N2CCN(C)CC2)cc(C)cc1[N+](=O)[O-]. The van der Waals surface area contributed by atoms with Gasteiger partial charge < -0.3 is 14.5 Å². The summed E-state index contributed by atoms with van der Waals surface area (Å²) in [6, 6.07) is 3.06. The number of methoxy groups -OCH3 is 1. The second-order valence-corrected chi connectivity index (χ2v) is 5.22. The molecule has 114 valence electrons. The Morgan fingerprint density at radius 2 is 1.90 bits per heavy atom. The Hall–Kier alpha value is -2.15. The predicted molar refractivity (Wildman–Crippen MR) is 77.8 cm³/mol. The van der Waals surface area contributed by atoms with Crippen molar-refractivity contribution >= 4 is 11.6 Å². The van der Waals surface area contributed by atoms with E-state index in [1.807, 2.05) is 7.05 Å². The molecule has 0 aliphatic carbocycles. The molecule has 7 nitrogen and oxygen atoms in total. The third kappa shape index (κ3) is 3.13. The van der Waals surface area contributed by atoms with E-state index >= 15 is 0 Å². The summed E-state index contributed by atoms with van der Waals surface area (Å²) in [5.41, 5.74) is 0.753. The number of nitro groups is 1. The van der Waals surface area contributed by atoms with Crippen LogP contribution in [0.5, 0.6) is 5.75 Å². The first-order valence-corrected chi connectivity index (χ1v) is 6.75. The fraction of sp³-hybridized carbons (Fsp3) is 0.500. The Morgan fingerprint density at radius 3 is 2.43 bits per heavy atom. The van der Waals surface area contributed by atoms with Crippen molar-refractivity contribution in [2.45, 2.75) is 6.92 Å². The number of rotatable bonds is 3. The summed E-state index contributed by atoms with van der Waals surface area (Å²) >= 11 is 0. The van der Waals surface area contributed by atoms with Crippen molar-refractivity contribution in [3.05, 3.63) is 33.4 Å². The maximum absolute atomic E-state index is 12.6. The molecule has 1 aliphatic rings. The highest BCUT2D eigenvalue weighted by molar-refractivity contribution is 5.98. The van der Waals surface area contributed by atoms with Gasteiger partial charge in [0, 0.05) is 32.2 Å². The van der Waals surface area contributed by atoms with Gasteiger partial charge in [-0.3, -0.25) is 14.9 Å². The van der Waals surface area contributed by atoms with Gasteiger partial charge in [-0.05, 0) is 25.6 Å². The molecule has 0 aromatic heterocycles. The van der Waals surface area contributed by atoms with Crippen LogP contribution in [-0.4, -0.2) is 61.0 Å². The molecular weight excluding hydrogens is 274 g/mol. The second kappa shape index (κ2) is 6.09. The van der Waals surface area contributed by atoms with E-state index in [0.717, 1.165) is 13.1 Å². The Kier molecular flexibility index (Phi) is 4.42. The van der Waals surface area contributed by atoms with E-state index in [4.69, 9.17) is 4.74 Å². The molecule has 21 heavy (non-hydrogen) atoms. The number of aryl methyl sites for hydroxylation is 1. The largest absolute Gasteiger partial charge is 0.490 e. The third-order valence-corrected chi connectivity index (χ3v) is 3.64. The molecule has 1 heterocycles. The summed E-state index contributed by atoms with van der Waals surface area (Å²) in [4.78, 5) is 27.1. The maximum Gasteiger partial charge on any atom is 0.312 e. The first-order chi connectivity index (χ1) is 9.93. The van der Waals surface area contributed by atoms with E-state index in [2.05, 4.69) is 4.90 Å². The van der Waals surface area contributed by atoms with Gasteiger partial charge in [-0.1, -0.05) is 0 Å². The van der Waals surface area contributed by atoms with E-state index < -0.39 is 4.92 Å². The Balaban J connectivity index is 2.38. The number of carbonyl (C=O) groups excluding carboxylic acids is 1. The highest BCUT2D eigenvalue weighted by Crippen LogP contribution is 2.33. The zero-order chi connectivity index (χ0) is 15.6. The molecule has 1 fully saturated rings. The smallest absolute Gasteiger partial charge is 0.312 e. The molecule has 0 spiro atoms. The molecule has 1 aliphatic heterocycles. The van der Waals surface area contributed by atoms with Crippen molar-refractivity contribution in [1.29, 1.82) is 0 Å².